The molecule has 0 radical (unpaired) electrons. The van der Waals surface area contributed by atoms with Crippen molar-refractivity contribution in [2.75, 3.05) is 32.9 Å². The van der Waals surface area contributed by atoms with Crippen molar-refractivity contribution in [2.45, 2.75) is 27.0 Å². The van der Waals surface area contributed by atoms with Crippen LogP contribution in [0.4, 0.5) is 0 Å². The van der Waals surface area contributed by atoms with Crippen LogP contribution in [0, 0.1) is 5.92 Å². The summed E-state index contributed by atoms with van der Waals surface area (Å²) in [5.41, 5.74) is 0.340. The molecule has 0 aromatic carbocycles. The summed E-state index contributed by atoms with van der Waals surface area (Å²) in [6.45, 7) is 10.5. The number of esters is 1. The summed E-state index contributed by atoms with van der Waals surface area (Å²) in [4.78, 5) is 22.5. The number of ether oxygens (including phenoxy) is 2. The fraction of sp³-hybridized carbons (Fsp3) is 0.714. The van der Waals surface area contributed by atoms with Crippen molar-refractivity contribution in [3.63, 3.8) is 0 Å². The van der Waals surface area contributed by atoms with Crippen molar-refractivity contribution >= 4 is 11.9 Å². The molecule has 1 atom stereocenters. The number of hydrogen-bond donors (Lipinski definition) is 3. The van der Waals surface area contributed by atoms with Crippen LogP contribution in [0.2, 0.25) is 0 Å². The molecule has 1 amide bonds. The van der Waals surface area contributed by atoms with Crippen molar-refractivity contribution in [1.29, 1.82) is 0 Å². The molecule has 0 saturated heterocycles. The van der Waals surface area contributed by atoms with Gasteiger partial charge in [0.25, 0.3) is 5.91 Å². The molecule has 0 aliphatic rings. The van der Waals surface area contributed by atoms with Gasteiger partial charge >= 0.3 is 5.97 Å². The average Bonchev–Trinajstić information content (AvgIpc) is 2.42. The van der Waals surface area contributed by atoms with Crippen molar-refractivity contribution in [2.24, 2.45) is 5.92 Å². The summed E-state index contributed by atoms with van der Waals surface area (Å²) in [5, 5.41) is 14.7. The van der Waals surface area contributed by atoms with Gasteiger partial charge in [0.2, 0.25) is 0 Å². The van der Waals surface area contributed by atoms with Gasteiger partial charge in [0, 0.05) is 18.7 Å². The lowest BCUT2D eigenvalue weighted by Crippen LogP contribution is -2.46. The molecule has 21 heavy (non-hydrogen) atoms. The van der Waals surface area contributed by atoms with E-state index < -0.39 is 18.1 Å². The van der Waals surface area contributed by atoms with Gasteiger partial charge in [-0.25, -0.2) is 4.79 Å². The van der Waals surface area contributed by atoms with Crippen LogP contribution in [-0.4, -0.2) is 56.1 Å². The number of nitrogens with one attached hydrogen (secondary N) is 2. The fourth-order valence-corrected chi connectivity index (χ4v) is 1.18. The Kier molecular flexibility index (Phi) is 10.5. The number of aliphatic hydroxyl groups excluding tert-OH is 1. The molecular weight excluding hydrogens is 276 g/mol. The minimum absolute atomic E-state index is 0.142. The van der Waals surface area contributed by atoms with Gasteiger partial charge in [-0.3, -0.25) is 10.1 Å². The number of amides is 1. The molecular formula is C14H26N2O5. The highest BCUT2D eigenvalue weighted by Crippen LogP contribution is 1.91. The van der Waals surface area contributed by atoms with Crippen LogP contribution in [0.25, 0.3) is 0 Å². The van der Waals surface area contributed by atoms with Crippen LogP contribution >= 0.6 is 0 Å². The van der Waals surface area contributed by atoms with Crippen LogP contribution < -0.4 is 10.6 Å². The lowest BCUT2D eigenvalue weighted by molar-refractivity contribution is -0.140. The second-order valence-electron chi connectivity index (χ2n) is 5.02. The van der Waals surface area contributed by atoms with E-state index in [4.69, 9.17) is 9.47 Å². The third-order valence-electron chi connectivity index (χ3n) is 2.33. The zero-order valence-corrected chi connectivity index (χ0v) is 13.0. The molecule has 0 aliphatic heterocycles. The van der Waals surface area contributed by atoms with Gasteiger partial charge in [0.1, 0.15) is 6.61 Å². The third-order valence-corrected chi connectivity index (χ3v) is 2.33. The highest BCUT2D eigenvalue weighted by atomic mass is 16.6. The summed E-state index contributed by atoms with van der Waals surface area (Å²) in [7, 11) is 0. The number of hydrogen-bond acceptors (Lipinski definition) is 6. The van der Waals surface area contributed by atoms with E-state index in [2.05, 4.69) is 17.2 Å². The number of aliphatic hydroxyl groups is 1. The number of carbonyl (C=O) groups is 2. The zero-order chi connectivity index (χ0) is 16.3. The Hall–Kier alpha value is -1.44. The molecule has 0 heterocycles. The summed E-state index contributed by atoms with van der Waals surface area (Å²) in [6.07, 6.45) is -1.26. The first kappa shape index (κ1) is 19.6. The third kappa shape index (κ3) is 10.9. The van der Waals surface area contributed by atoms with E-state index in [1.54, 1.807) is 6.92 Å². The molecule has 122 valence electrons. The van der Waals surface area contributed by atoms with Gasteiger partial charge in [0.15, 0.2) is 6.23 Å². The van der Waals surface area contributed by atoms with Crippen molar-refractivity contribution in [3.8, 4) is 0 Å². The first-order chi connectivity index (χ1) is 9.84. The van der Waals surface area contributed by atoms with Crippen LogP contribution in [0.3, 0.4) is 0 Å². The molecule has 0 aromatic heterocycles. The van der Waals surface area contributed by atoms with E-state index in [1.165, 1.54) is 0 Å². The molecule has 0 bridgehead atoms. The van der Waals surface area contributed by atoms with Crippen molar-refractivity contribution in [3.05, 3.63) is 12.2 Å². The van der Waals surface area contributed by atoms with Gasteiger partial charge in [-0.05, 0) is 12.8 Å². The van der Waals surface area contributed by atoms with E-state index in [1.807, 2.05) is 13.8 Å². The van der Waals surface area contributed by atoms with Crippen LogP contribution in [0.15, 0.2) is 12.2 Å². The van der Waals surface area contributed by atoms with E-state index in [0.717, 1.165) is 0 Å². The molecule has 7 heteroatoms. The summed E-state index contributed by atoms with van der Waals surface area (Å²) in [5.74, 6) is -0.584. The molecule has 7 nitrogen and oxygen atoms in total. The largest absolute Gasteiger partial charge is 0.460 e. The summed E-state index contributed by atoms with van der Waals surface area (Å²) < 4.78 is 10.0. The van der Waals surface area contributed by atoms with E-state index in [9.17, 15) is 14.7 Å². The Labute approximate surface area is 125 Å². The zero-order valence-electron chi connectivity index (χ0n) is 13.0. The first-order valence-electron chi connectivity index (χ1n) is 6.94. The Morgan fingerprint density at radius 3 is 2.48 bits per heavy atom. The molecule has 1 unspecified atom stereocenters. The van der Waals surface area contributed by atoms with Gasteiger partial charge in [0.05, 0.1) is 13.2 Å². The summed E-state index contributed by atoms with van der Waals surface area (Å²) in [6, 6.07) is 0. The summed E-state index contributed by atoms with van der Waals surface area (Å²) >= 11 is 0. The monoisotopic (exact) mass is 302 g/mol. The van der Waals surface area contributed by atoms with Crippen molar-refractivity contribution in [1.82, 2.24) is 10.6 Å². The molecule has 0 aromatic rings. The molecule has 0 aliphatic carbocycles. The maximum Gasteiger partial charge on any atom is 0.333 e. The quantitative estimate of drug-likeness (QED) is 0.212. The van der Waals surface area contributed by atoms with E-state index >= 15 is 0 Å². The van der Waals surface area contributed by atoms with Crippen LogP contribution in [-0.2, 0) is 19.1 Å². The maximum absolute atomic E-state index is 11.4. The lowest BCUT2D eigenvalue weighted by atomic mass is 10.2. The number of carbonyl (C=O) groups excluding carboxylic acids is 2. The highest BCUT2D eigenvalue weighted by molar-refractivity contribution is 5.86. The second kappa shape index (κ2) is 11.2. The predicted molar refractivity (Wildman–Crippen MR) is 78.4 cm³/mol. The lowest BCUT2D eigenvalue weighted by Gasteiger charge is -2.14. The Bertz CT molecular complexity index is 344. The van der Waals surface area contributed by atoms with Crippen LogP contribution in [0.1, 0.15) is 20.8 Å². The van der Waals surface area contributed by atoms with Crippen molar-refractivity contribution < 1.29 is 24.2 Å². The normalized spacial score (nSPS) is 12.0. The van der Waals surface area contributed by atoms with E-state index in [0.29, 0.717) is 31.2 Å². The molecule has 0 saturated carbocycles. The smallest absolute Gasteiger partial charge is 0.333 e. The molecule has 0 spiro atoms. The SMILES string of the molecule is C=C(C)C(=O)OCCOCCNC(O)C(=O)NCC(C)C. The molecule has 3 N–H and O–H groups in total. The average molecular weight is 302 g/mol. The Morgan fingerprint density at radius 1 is 1.24 bits per heavy atom. The van der Waals surface area contributed by atoms with Gasteiger partial charge in [-0.15, -0.1) is 0 Å². The Balaban J connectivity index is 3.51. The van der Waals surface area contributed by atoms with Gasteiger partial charge in [-0.1, -0.05) is 20.4 Å². The van der Waals surface area contributed by atoms with E-state index in [-0.39, 0.29) is 13.2 Å². The predicted octanol–water partition coefficient (Wildman–Crippen LogP) is -0.197. The van der Waals surface area contributed by atoms with Gasteiger partial charge < -0.3 is 19.9 Å². The topological polar surface area (TPSA) is 96.9 Å². The fourth-order valence-electron chi connectivity index (χ4n) is 1.18. The minimum Gasteiger partial charge on any atom is -0.460 e. The van der Waals surface area contributed by atoms with Gasteiger partial charge in [-0.2, -0.15) is 0 Å². The molecule has 0 fully saturated rings. The second-order valence-corrected chi connectivity index (χ2v) is 5.02. The molecule has 0 rings (SSSR count). The van der Waals surface area contributed by atoms with Crippen LogP contribution in [0.5, 0.6) is 0 Å². The standard InChI is InChI=1S/C14H26N2O5/c1-10(2)9-16-13(18)12(17)15-5-6-20-7-8-21-14(19)11(3)4/h10,12,15,17H,3,5-9H2,1-2,4H3,(H,16,18). The Morgan fingerprint density at radius 2 is 1.90 bits per heavy atom. The highest BCUT2D eigenvalue weighted by Gasteiger charge is 2.13. The maximum atomic E-state index is 11.4. The first-order valence-corrected chi connectivity index (χ1v) is 6.94. The number of rotatable bonds is 11. The minimum atomic E-state index is -1.26.